The van der Waals surface area contributed by atoms with Gasteiger partial charge in [-0.1, -0.05) is 168 Å². The smallest absolute Gasteiger partial charge is 0.286 e. The van der Waals surface area contributed by atoms with Crippen molar-refractivity contribution in [2.75, 3.05) is 39.4 Å². The Morgan fingerprint density at radius 2 is 0.731 bits per heavy atom. The summed E-state index contributed by atoms with van der Waals surface area (Å²) in [7, 11) is 0. The number of fused-ring (bicyclic) bond motifs is 3. The number of rotatable bonds is 13. The first kappa shape index (κ1) is 74.5. The summed E-state index contributed by atoms with van der Waals surface area (Å²) in [5, 5.41) is 25.8. The van der Waals surface area contributed by atoms with E-state index in [2.05, 4.69) is 41.3 Å². The fourth-order valence-corrected chi connectivity index (χ4v) is 16.0. The lowest BCUT2D eigenvalue weighted by molar-refractivity contribution is 0.0124. The Kier molecular flexibility index (Phi) is 25.4. The maximum Gasteiger partial charge on any atom is 0.286 e. The predicted molar refractivity (Wildman–Crippen MR) is 423 cm³/mol. The highest BCUT2D eigenvalue weighted by Gasteiger charge is 2.34. The number of para-hydroxylation sites is 3. The highest BCUT2D eigenvalue weighted by atomic mass is 35.5. The SMILES string of the molecule is C[C@H](NC(=O)c1nn(-c2ccccc2Cl)c2c1CCCC/C2=C\c1ccc(Cl)cc1)C1CCCCC1.O=C(NN1CCCCC1)c1nn(-c2ccccc2Cl)c2c1CCCC/C2=C\c1ccc(Cl)cc1.O=C(NN1CCOCC1)c1nn(-c2ccccc2Cl)c2c1CCCC/C2=C\c1ccc(Cl)cc1. The molecule has 1 atom stereocenters. The lowest BCUT2D eigenvalue weighted by Gasteiger charge is -2.28. The van der Waals surface area contributed by atoms with Crippen LogP contribution in [0.1, 0.15) is 198 Å². The standard InChI is InChI=1S/C30H33Cl2N3O.C27H28Cl2N4O.C26H26Cl2N4O2/c1-20(22-9-3-2-4-10-22)33-30(36)28-25-12-6-5-11-23(19-21-15-17-24(31)18-16-21)29(25)35(34-28)27-14-8-7-13-26(27)32;28-21-14-12-19(13-15-21)18-20-8-2-3-9-22-25(27(34)31-32-16-6-1-7-17-32)30-33(26(20)22)24-11-5-4-10-23(24)29;27-20-11-9-18(10-12-20)17-19-5-1-2-6-21-24(26(33)30-31-13-15-34-16-14-31)29-32(25(19)21)23-8-4-3-7-22(23)28/h7-8,13-20,22H,2-6,9-12H2,1H3,(H,33,36);4-5,10-15,18H,1-3,6-9,16-17H2,(H,31,34);3-4,7-12,17H,1-2,5-6,13-16H2,(H,30,33)/b23-19+;20-18+;19-17+/t20-;;/m0../s1. The van der Waals surface area contributed by atoms with Crippen molar-refractivity contribution in [1.29, 1.82) is 0 Å². The van der Waals surface area contributed by atoms with Crippen LogP contribution in [0.2, 0.25) is 30.1 Å². The van der Waals surface area contributed by atoms with Gasteiger partial charge >= 0.3 is 0 Å². The molecule has 3 amide bonds. The minimum Gasteiger partial charge on any atom is -0.379 e. The van der Waals surface area contributed by atoms with Gasteiger partial charge in [0.15, 0.2) is 17.1 Å². The molecule has 2 saturated heterocycles. The number of ether oxygens (including phenoxy) is 1. The molecule has 0 radical (unpaired) electrons. The Morgan fingerprint density at radius 1 is 0.404 bits per heavy atom. The first-order valence-corrected chi connectivity index (χ1v) is 39.0. The third kappa shape index (κ3) is 18.2. The van der Waals surface area contributed by atoms with Gasteiger partial charge in [-0.2, -0.15) is 15.3 Å². The number of hydrogen-bond donors (Lipinski definition) is 3. The van der Waals surface area contributed by atoms with Gasteiger partial charge in [0, 0.05) is 64.0 Å². The Morgan fingerprint density at radius 3 is 1.10 bits per heavy atom. The Bertz CT molecular complexity index is 4410. The largest absolute Gasteiger partial charge is 0.379 e. The van der Waals surface area contributed by atoms with E-state index in [1.54, 1.807) is 0 Å². The van der Waals surface area contributed by atoms with Crippen LogP contribution in [0.4, 0.5) is 0 Å². The lowest BCUT2D eigenvalue weighted by atomic mass is 9.84. The fourth-order valence-electron chi connectivity index (χ4n) is 15.0. The Labute approximate surface area is 639 Å². The van der Waals surface area contributed by atoms with Crippen molar-refractivity contribution >= 4 is 122 Å². The number of hydrogen-bond acceptors (Lipinski definition) is 9. The van der Waals surface area contributed by atoms with Gasteiger partial charge in [0.25, 0.3) is 17.7 Å². The van der Waals surface area contributed by atoms with Crippen molar-refractivity contribution in [2.45, 2.75) is 141 Å². The van der Waals surface area contributed by atoms with Crippen molar-refractivity contribution < 1.29 is 19.1 Å². The third-order valence-electron chi connectivity index (χ3n) is 20.4. The van der Waals surface area contributed by atoms with Crippen LogP contribution < -0.4 is 16.2 Å². The monoisotopic (exact) mass is 1510 g/mol. The minimum atomic E-state index is -0.198. The van der Waals surface area contributed by atoms with Crippen molar-refractivity contribution in [3.63, 3.8) is 0 Å². The average Bonchev–Trinajstić information content (AvgIpc) is 1.62. The van der Waals surface area contributed by atoms with E-state index >= 15 is 0 Å². The molecular formula is C83H87Cl6N11O4. The van der Waals surface area contributed by atoms with Crippen molar-refractivity contribution in [1.82, 2.24) is 55.5 Å². The van der Waals surface area contributed by atoms with Crippen molar-refractivity contribution in [3.8, 4) is 17.1 Å². The molecule has 6 aliphatic rings. The van der Waals surface area contributed by atoms with Gasteiger partial charge in [0.1, 0.15) is 0 Å². The second kappa shape index (κ2) is 35.5. The van der Waals surface area contributed by atoms with Gasteiger partial charge in [-0.25, -0.2) is 24.1 Å². The van der Waals surface area contributed by atoms with Gasteiger partial charge in [-0.15, -0.1) is 0 Å². The van der Waals surface area contributed by atoms with Gasteiger partial charge in [0.05, 0.1) is 62.4 Å². The molecule has 15 rings (SSSR count). The number of allylic oxidation sites excluding steroid dienone is 3. The molecule has 3 N–H and O–H groups in total. The number of benzene rings is 6. The normalized spacial score (nSPS) is 18.1. The number of nitrogens with zero attached hydrogens (tertiary/aromatic N) is 8. The molecule has 3 aromatic heterocycles. The highest BCUT2D eigenvalue weighted by Crippen LogP contribution is 2.41. The second-order valence-corrected chi connectivity index (χ2v) is 30.1. The Hall–Kier alpha value is -7.80. The van der Waals surface area contributed by atoms with Crippen molar-refractivity contribution in [3.05, 3.63) is 243 Å². The predicted octanol–water partition coefficient (Wildman–Crippen LogP) is 20.1. The van der Waals surface area contributed by atoms with E-state index in [1.165, 1.54) is 38.5 Å². The van der Waals surface area contributed by atoms with Crippen molar-refractivity contribution in [2.24, 2.45) is 5.92 Å². The number of aromatic nitrogens is 6. The van der Waals surface area contributed by atoms with Crippen LogP contribution in [0.15, 0.2) is 146 Å². The van der Waals surface area contributed by atoms with Crippen LogP contribution in [0.25, 0.3) is 52.0 Å². The Balaban J connectivity index is 0.000000139. The van der Waals surface area contributed by atoms with Crippen LogP contribution in [-0.2, 0) is 24.0 Å². The molecule has 1 saturated carbocycles. The molecule has 2 aliphatic heterocycles. The molecule has 0 bridgehead atoms. The molecule has 540 valence electrons. The number of morpholine rings is 1. The maximum atomic E-state index is 13.7. The maximum absolute atomic E-state index is 13.7. The second-order valence-electron chi connectivity index (χ2n) is 27.6. The zero-order valence-electron chi connectivity index (χ0n) is 58.6. The minimum absolute atomic E-state index is 0.0807. The number of nitrogens with one attached hydrogen (secondary N) is 3. The number of piperidine rings is 1. The topological polar surface area (TPSA) is 156 Å². The number of halogens is 6. The molecule has 6 aromatic carbocycles. The van der Waals surface area contributed by atoms with E-state index in [0.29, 0.717) is 79.4 Å². The van der Waals surface area contributed by atoms with Crippen LogP contribution in [0.3, 0.4) is 0 Å². The summed E-state index contributed by atoms with van der Waals surface area (Å²) in [6.07, 6.45) is 27.3. The van der Waals surface area contributed by atoms with E-state index in [-0.39, 0.29) is 23.8 Å². The fraction of sp³-hybridized carbons (Fsp3) is 0.349. The van der Waals surface area contributed by atoms with E-state index in [1.807, 2.05) is 170 Å². The molecule has 5 heterocycles. The zero-order valence-corrected chi connectivity index (χ0v) is 63.1. The summed E-state index contributed by atoms with van der Waals surface area (Å²) in [6, 6.07) is 46.6. The number of hydrazine groups is 2. The summed E-state index contributed by atoms with van der Waals surface area (Å²) < 4.78 is 11.0. The van der Waals surface area contributed by atoms with Gasteiger partial charge < -0.3 is 10.1 Å². The summed E-state index contributed by atoms with van der Waals surface area (Å²) in [5.74, 6) is 0.114. The summed E-state index contributed by atoms with van der Waals surface area (Å²) >= 11 is 38.2. The lowest BCUT2D eigenvalue weighted by Crippen LogP contribution is -2.48. The van der Waals surface area contributed by atoms with Crippen LogP contribution in [0.5, 0.6) is 0 Å². The first-order valence-electron chi connectivity index (χ1n) is 36.7. The molecule has 104 heavy (non-hydrogen) atoms. The zero-order chi connectivity index (χ0) is 72.1. The average molecular weight is 1520 g/mol. The number of carbonyl (C=O) groups is 3. The van der Waals surface area contributed by atoms with E-state index in [0.717, 1.165) is 187 Å². The van der Waals surface area contributed by atoms with Gasteiger partial charge in [0.2, 0.25) is 0 Å². The molecule has 9 aromatic rings. The molecule has 21 heteroatoms. The van der Waals surface area contributed by atoms with Gasteiger partial charge in [-0.3, -0.25) is 25.2 Å². The van der Waals surface area contributed by atoms with Crippen LogP contribution in [0, 0.1) is 5.92 Å². The van der Waals surface area contributed by atoms with E-state index in [9.17, 15) is 14.4 Å². The molecule has 4 aliphatic carbocycles. The summed E-state index contributed by atoms with van der Waals surface area (Å²) in [6.45, 7) is 6.40. The van der Waals surface area contributed by atoms with Gasteiger partial charge in [-0.05, 0) is 240 Å². The third-order valence-corrected chi connectivity index (χ3v) is 22.1. The number of carbonyl (C=O) groups excluding carboxylic acids is 3. The highest BCUT2D eigenvalue weighted by molar-refractivity contribution is 6.33. The quantitative estimate of drug-likeness (QED) is 0.0956. The molecule has 0 spiro atoms. The van der Waals surface area contributed by atoms with E-state index in [4.69, 9.17) is 89.6 Å². The first-order chi connectivity index (χ1) is 50.7. The molecule has 3 fully saturated rings. The number of amides is 3. The molecule has 0 unspecified atom stereocenters. The van der Waals surface area contributed by atoms with E-state index < -0.39 is 0 Å². The summed E-state index contributed by atoms with van der Waals surface area (Å²) in [5.41, 5.74) is 22.5. The molecule has 15 nitrogen and oxygen atoms in total. The van der Waals surface area contributed by atoms with Crippen LogP contribution in [-0.4, -0.2) is 103 Å². The van der Waals surface area contributed by atoms with Crippen LogP contribution >= 0.6 is 69.6 Å². The molecular weight excluding hydrogens is 1430 g/mol. The summed E-state index contributed by atoms with van der Waals surface area (Å²) in [4.78, 5) is 40.5.